The minimum atomic E-state index is 0.864. The predicted octanol–water partition coefficient (Wildman–Crippen LogP) is 2.98. The van der Waals surface area contributed by atoms with Crippen molar-refractivity contribution in [2.45, 2.75) is 13.3 Å². The highest BCUT2D eigenvalue weighted by atomic mass is 15.3. The fraction of sp³-hybridized carbons (Fsp3) is 0.143. The van der Waals surface area contributed by atoms with Crippen molar-refractivity contribution in [3.05, 3.63) is 54.4 Å². The van der Waals surface area contributed by atoms with E-state index in [1.165, 1.54) is 5.56 Å². The van der Waals surface area contributed by atoms with E-state index in [9.17, 15) is 0 Å². The van der Waals surface area contributed by atoms with E-state index in [1.807, 2.05) is 35.3 Å². The van der Waals surface area contributed by atoms with Gasteiger partial charge in [-0.15, -0.1) is 0 Å². The predicted molar refractivity (Wildman–Crippen MR) is 68.2 cm³/mol. The maximum absolute atomic E-state index is 4.44. The third-order valence-electron chi connectivity index (χ3n) is 2.91. The molecule has 0 N–H and O–H groups in total. The second kappa shape index (κ2) is 4.01. The van der Waals surface area contributed by atoms with E-state index < -0.39 is 0 Å². The number of para-hydroxylation sites is 1. The highest BCUT2D eigenvalue weighted by Crippen LogP contribution is 2.16. The van der Waals surface area contributed by atoms with Crippen LogP contribution in [0.25, 0.3) is 16.7 Å². The van der Waals surface area contributed by atoms with Crippen molar-refractivity contribution in [2.24, 2.45) is 0 Å². The Bertz CT molecular complexity index is 638. The summed E-state index contributed by atoms with van der Waals surface area (Å²) in [5, 5.41) is 5.51. The number of hydrogen-bond donors (Lipinski definition) is 0. The average molecular weight is 223 g/mol. The lowest BCUT2D eigenvalue weighted by Gasteiger charge is -2.03. The summed E-state index contributed by atoms with van der Waals surface area (Å²) in [6.45, 7) is 2.12. The van der Waals surface area contributed by atoms with Gasteiger partial charge in [-0.3, -0.25) is 0 Å². The molecule has 84 valence electrons. The normalized spacial score (nSPS) is 10.9. The number of aromatic nitrogens is 3. The Labute approximate surface area is 99.7 Å². The molecule has 0 aliphatic rings. The van der Waals surface area contributed by atoms with Crippen molar-refractivity contribution >= 4 is 10.9 Å². The molecule has 0 fully saturated rings. The van der Waals surface area contributed by atoms with Crippen LogP contribution in [0.15, 0.2) is 48.8 Å². The van der Waals surface area contributed by atoms with Crippen LogP contribution < -0.4 is 0 Å². The molecule has 0 bridgehead atoms. The fourth-order valence-electron chi connectivity index (χ4n) is 1.91. The molecule has 0 radical (unpaired) electrons. The molecule has 3 heteroatoms. The van der Waals surface area contributed by atoms with Gasteiger partial charge in [0.15, 0.2) is 5.82 Å². The van der Waals surface area contributed by atoms with Crippen molar-refractivity contribution < 1.29 is 0 Å². The van der Waals surface area contributed by atoms with Crippen LogP contribution in [0, 0.1) is 0 Å². The second-order valence-electron chi connectivity index (χ2n) is 3.99. The van der Waals surface area contributed by atoms with E-state index in [0.717, 1.165) is 23.1 Å². The first-order valence-electron chi connectivity index (χ1n) is 5.76. The van der Waals surface area contributed by atoms with Gasteiger partial charge in [0.1, 0.15) is 0 Å². The summed E-state index contributed by atoms with van der Waals surface area (Å²) >= 11 is 0. The lowest BCUT2D eigenvalue weighted by molar-refractivity contribution is 0.870. The molecule has 0 atom stereocenters. The van der Waals surface area contributed by atoms with E-state index in [1.54, 1.807) is 0 Å². The third-order valence-corrected chi connectivity index (χ3v) is 2.91. The molecule has 0 spiro atoms. The summed E-state index contributed by atoms with van der Waals surface area (Å²) in [6.07, 6.45) is 4.78. The molecule has 0 aliphatic heterocycles. The van der Waals surface area contributed by atoms with Crippen LogP contribution in [0.4, 0.5) is 0 Å². The van der Waals surface area contributed by atoms with E-state index in [-0.39, 0.29) is 0 Å². The van der Waals surface area contributed by atoms with Crippen molar-refractivity contribution in [1.82, 2.24) is 14.8 Å². The standard InChI is InChI=1S/C14H13N3/c1-2-11-7-8-14(15-9-11)17-13-6-4-3-5-12(13)10-16-17/h3-10H,2H2,1H3. The minimum Gasteiger partial charge on any atom is -0.237 e. The quantitative estimate of drug-likeness (QED) is 0.668. The van der Waals surface area contributed by atoms with Gasteiger partial charge in [0, 0.05) is 11.6 Å². The molecule has 0 aliphatic carbocycles. The van der Waals surface area contributed by atoms with Crippen LogP contribution in [0.5, 0.6) is 0 Å². The molecule has 3 rings (SSSR count). The van der Waals surface area contributed by atoms with Crippen LogP contribution in [-0.4, -0.2) is 14.8 Å². The summed E-state index contributed by atoms with van der Waals surface area (Å²) in [5.41, 5.74) is 2.33. The highest BCUT2D eigenvalue weighted by molar-refractivity contribution is 5.79. The van der Waals surface area contributed by atoms with E-state index >= 15 is 0 Å². The molecule has 17 heavy (non-hydrogen) atoms. The van der Waals surface area contributed by atoms with Gasteiger partial charge in [0.05, 0.1) is 11.7 Å². The first-order valence-corrected chi connectivity index (χ1v) is 5.76. The van der Waals surface area contributed by atoms with Crippen LogP contribution >= 0.6 is 0 Å². The molecule has 3 nitrogen and oxygen atoms in total. The fourth-order valence-corrected chi connectivity index (χ4v) is 1.91. The summed E-state index contributed by atoms with van der Waals surface area (Å²) in [5.74, 6) is 0.864. The van der Waals surface area contributed by atoms with Crippen molar-refractivity contribution in [3.63, 3.8) is 0 Å². The Morgan fingerprint density at radius 1 is 1.06 bits per heavy atom. The topological polar surface area (TPSA) is 30.7 Å². The molecule has 0 saturated heterocycles. The van der Waals surface area contributed by atoms with Crippen LogP contribution in [0.1, 0.15) is 12.5 Å². The van der Waals surface area contributed by atoms with Gasteiger partial charge in [-0.05, 0) is 24.1 Å². The van der Waals surface area contributed by atoms with Gasteiger partial charge < -0.3 is 0 Å². The number of hydrogen-bond acceptors (Lipinski definition) is 2. The zero-order chi connectivity index (χ0) is 11.7. The molecule has 1 aromatic carbocycles. The van der Waals surface area contributed by atoms with Gasteiger partial charge >= 0.3 is 0 Å². The summed E-state index contributed by atoms with van der Waals surface area (Å²) in [7, 11) is 0. The first-order chi connectivity index (χ1) is 8.38. The molecular weight excluding hydrogens is 210 g/mol. The Morgan fingerprint density at radius 3 is 2.71 bits per heavy atom. The van der Waals surface area contributed by atoms with Crippen molar-refractivity contribution in [1.29, 1.82) is 0 Å². The molecule has 3 aromatic rings. The number of benzene rings is 1. The van der Waals surface area contributed by atoms with Crippen LogP contribution in [0.3, 0.4) is 0 Å². The minimum absolute atomic E-state index is 0.864. The van der Waals surface area contributed by atoms with Crippen molar-refractivity contribution in [3.8, 4) is 5.82 Å². The molecule has 2 aromatic heterocycles. The van der Waals surface area contributed by atoms with Gasteiger partial charge in [-0.2, -0.15) is 5.10 Å². The lowest BCUT2D eigenvalue weighted by Crippen LogP contribution is -1.99. The Hall–Kier alpha value is -2.16. The SMILES string of the molecule is CCc1ccc(-n2ncc3ccccc32)nc1. The smallest absolute Gasteiger partial charge is 0.153 e. The zero-order valence-electron chi connectivity index (χ0n) is 9.67. The second-order valence-corrected chi connectivity index (χ2v) is 3.99. The molecule has 0 unspecified atom stereocenters. The molecule has 0 amide bonds. The van der Waals surface area contributed by atoms with Gasteiger partial charge in [0.2, 0.25) is 0 Å². The summed E-state index contributed by atoms with van der Waals surface area (Å²) < 4.78 is 1.87. The third kappa shape index (κ3) is 1.69. The van der Waals surface area contributed by atoms with E-state index in [0.29, 0.717) is 0 Å². The number of pyridine rings is 1. The highest BCUT2D eigenvalue weighted by Gasteiger charge is 2.04. The maximum Gasteiger partial charge on any atom is 0.153 e. The Morgan fingerprint density at radius 2 is 1.94 bits per heavy atom. The first kappa shape index (κ1) is 10.0. The largest absolute Gasteiger partial charge is 0.237 e. The molecule has 2 heterocycles. The molecular formula is C14H13N3. The van der Waals surface area contributed by atoms with Gasteiger partial charge in [0.25, 0.3) is 0 Å². The summed E-state index contributed by atoms with van der Waals surface area (Å²) in [6, 6.07) is 12.2. The van der Waals surface area contributed by atoms with Gasteiger partial charge in [-0.25, -0.2) is 9.67 Å². The Balaban J connectivity index is 2.13. The Kier molecular flexibility index (Phi) is 2.37. The number of aryl methyl sites for hydroxylation is 1. The molecule has 0 saturated carbocycles. The maximum atomic E-state index is 4.44. The van der Waals surface area contributed by atoms with Gasteiger partial charge in [-0.1, -0.05) is 31.2 Å². The number of fused-ring (bicyclic) bond motifs is 1. The lowest BCUT2D eigenvalue weighted by atomic mass is 10.2. The van der Waals surface area contributed by atoms with Crippen LogP contribution in [-0.2, 0) is 6.42 Å². The zero-order valence-corrected chi connectivity index (χ0v) is 9.67. The number of rotatable bonds is 2. The van der Waals surface area contributed by atoms with E-state index in [2.05, 4.69) is 35.2 Å². The van der Waals surface area contributed by atoms with Crippen molar-refractivity contribution in [2.75, 3.05) is 0 Å². The average Bonchev–Trinajstić information content (AvgIpc) is 2.83. The van der Waals surface area contributed by atoms with E-state index in [4.69, 9.17) is 0 Å². The number of nitrogens with zero attached hydrogens (tertiary/aromatic N) is 3. The van der Waals surface area contributed by atoms with Crippen LogP contribution in [0.2, 0.25) is 0 Å². The monoisotopic (exact) mass is 223 g/mol. The summed E-state index contributed by atoms with van der Waals surface area (Å²) in [4.78, 5) is 4.44.